The highest BCUT2D eigenvalue weighted by atomic mass is 32.2. The molecule has 122 valence electrons. The number of hydrogen-bond acceptors (Lipinski definition) is 4. The molecule has 0 aromatic heterocycles. The fourth-order valence-electron chi connectivity index (χ4n) is 1.74. The number of alkyl halides is 2. The standard InChI is InChI=1S/C14H18F2N2O3S/c1-9(2)18(8-13(20)21)7-12(19)17-10-5-3-4-6-11(10)22-14(15)16/h3-6,9,14H,7-8H2,1-2H3,(H,17,19)(H,20,21). The van der Waals surface area contributed by atoms with Gasteiger partial charge in [-0.3, -0.25) is 14.5 Å². The summed E-state index contributed by atoms with van der Waals surface area (Å²) in [6, 6.07) is 6.12. The van der Waals surface area contributed by atoms with Crippen LogP contribution in [0.5, 0.6) is 0 Å². The summed E-state index contributed by atoms with van der Waals surface area (Å²) in [5, 5.41) is 11.4. The van der Waals surface area contributed by atoms with Gasteiger partial charge >= 0.3 is 5.97 Å². The topological polar surface area (TPSA) is 69.6 Å². The molecule has 2 N–H and O–H groups in total. The van der Waals surface area contributed by atoms with Gasteiger partial charge in [0.1, 0.15) is 0 Å². The zero-order chi connectivity index (χ0) is 16.7. The molecule has 1 rings (SSSR count). The quantitative estimate of drug-likeness (QED) is 0.717. The molecule has 0 saturated heterocycles. The van der Waals surface area contributed by atoms with E-state index >= 15 is 0 Å². The van der Waals surface area contributed by atoms with Gasteiger partial charge in [0.05, 0.1) is 18.8 Å². The summed E-state index contributed by atoms with van der Waals surface area (Å²) in [7, 11) is 0. The highest BCUT2D eigenvalue weighted by Gasteiger charge is 2.18. The van der Waals surface area contributed by atoms with Crippen LogP contribution in [0.15, 0.2) is 29.2 Å². The maximum atomic E-state index is 12.5. The molecule has 0 unspecified atom stereocenters. The van der Waals surface area contributed by atoms with Crippen molar-refractivity contribution in [1.29, 1.82) is 0 Å². The van der Waals surface area contributed by atoms with E-state index in [-0.39, 0.29) is 29.7 Å². The van der Waals surface area contributed by atoms with E-state index in [0.29, 0.717) is 11.8 Å². The number of aliphatic carboxylic acids is 1. The highest BCUT2D eigenvalue weighted by molar-refractivity contribution is 7.99. The number of hydrogen-bond donors (Lipinski definition) is 2. The van der Waals surface area contributed by atoms with Gasteiger partial charge < -0.3 is 10.4 Å². The van der Waals surface area contributed by atoms with Crippen LogP contribution in [-0.4, -0.2) is 46.8 Å². The number of para-hydroxylation sites is 1. The summed E-state index contributed by atoms with van der Waals surface area (Å²) in [6.45, 7) is 3.16. The predicted molar refractivity (Wildman–Crippen MR) is 81.3 cm³/mol. The summed E-state index contributed by atoms with van der Waals surface area (Å²) in [5.41, 5.74) is 0.289. The van der Waals surface area contributed by atoms with Crippen LogP contribution in [0.2, 0.25) is 0 Å². The second-order valence-corrected chi connectivity index (χ2v) is 5.85. The Kier molecular flexibility index (Phi) is 7.26. The van der Waals surface area contributed by atoms with Crippen molar-refractivity contribution >= 4 is 29.3 Å². The largest absolute Gasteiger partial charge is 0.480 e. The first-order valence-corrected chi connectivity index (χ1v) is 7.47. The van der Waals surface area contributed by atoms with E-state index in [0.717, 1.165) is 0 Å². The van der Waals surface area contributed by atoms with Crippen LogP contribution in [0.3, 0.4) is 0 Å². The maximum absolute atomic E-state index is 12.5. The Morgan fingerprint density at radius 1 is 1.27 bits per heavy atom. The number of thioether (sulfide) groups is 1. The first kappa shape index (κ1) is 18.4. The van der Waals surface area contributed by atoms with Crippen molar-refractivity contribution in [2.45, 2.75) is 30.5 Å². The van der Waals surface area contributed by atoms with Crippen LogP contribution in [-0.2, 0) is 9.59 Å². The van der Waals surface area contributed by atoms with E-state index in [1.165, 1.54) is 17.0 Å². The van der Waals surface area contributed by atoms with Gasteiger partial charge in [0.2, 0.25) is 5.91 Å². The molecule has 0 saturated carbocycles. The van der Waals surface area contributed by atoms with Crippen LogP contribution in [0, 0.1) is 0 Å². The molecule has 0 aliphatic heterocycles. The van der Waals surface area contributed by atoms with E-state index < -0.39 is 17.6 Å². The number of carboxylic acid groups (broad SMARTS) is 1. The zero-order valence-corrected chi connectivity index (χ0v) is 13.1. The number of nitrogens with one attached hydrogen (secondary N) is 1. The molecular weight excluding hydrogens is 314 g/mol. The monoisotopic (exact) mass is 332 g/mol. The Bertz CT molecular complexity index is 527. The first-order valence-electron chi connectivity index (χ1n) is 6.59. The van der Waals surface area contributed by atoms with Gasteiger partial charge in [-0.25, -0.2) is 0 Å². The number of benzene rings is 1. The Morgan fingerprint density at radius 2 is 1.91 bits per heavy atom. The van der Waals surface area contributed by atoms with Crippen LogP contribution < -0.4 is 5.32 Å². The van der Waals surface area contributed by atoms with Crippen molar-refractivity contribution in [3.63, 3.8) is 0 Å². The minimum absolute atomic E-state index is 0.127. The van der Waals surface area contributed by atoms with Crippen molar-refractivity contribution < 1.29 is 23.5 Å². The molecule has 0 radical (unpaired) electrons. The smallest absolute Gasteiger partial charge is 0.317 e. The molecule has 0 atom stereocenters. The molecule has 1 amide bonds. The Balaban J connectivity index is 2.73. The van der Waals surface area contributed by atoms with Gasteiger partial charge in [-0.1, -0.05) is 23.9 Å². The van der Waals surface area contributed by atoms with Crippen molar-refractivity contribution in [2.75, 3.05) is 18.4 Å². The molecular formula is C14H18F2N2O3S. The molecule has 0 aliphatic carbocycles. The van der Waals surface area contributed by atoms with E-state index in [1.54, 1.807) is 26.0 Å². The molecule has 1 aromatic rings. The van der Waals surface area contributed by atoms with Crippen LogP contribution >= 0.6 is 11.8 Å². The second-order valence-electron chi connectivity index (χ2n) is 4.82. The number of nitrogens with zero attached hydrogens (tertiary/aromatic N) is 1. The maximum Gasteiger partial charge on any atom is 0.317 e. The van der Waals surface area contributed by atoms with Crippen molar-refractivity contribution in [3.8, 4) is 0 Å². The number of carbonyl (C=O) groups excluding carboxylic acids is 1. The van der Waals surface area contributed by atoms with Crippen LogP contribution in [0.25, 0.3) is 0 Å². The minimum Gasteiger partial charge on any atom is -0.480 e. The summed E-state index contributed by atoms with van der Waals surface area (Å²) < 4.78 is 24.9. The first-order chi connectivity index (χ1) is 10.3. The van der Waals surface area contributed by atoms with Crippen LogP contribution in [0.4, 0.5) is 14.5 Å². The number of amides is 1. The number of anilines is 1. The molecule has 0 aliphatic rings. The highest BCUT2D eigenvalue weighted by Crippen LogP contribution is 2.31. The Morgan fingerprint density at radius 3 is 2.45 bits per heavy atom. The number of halogens is 2. The molecule has 0 bridgehead atoms. The van der Waals surface area contributed by atoms with Crippen molar-refractivity contribution in [3.05, 3.63) is 24.3 Å². The van der Waals surface area contributed by atoms with Crippen molar-refractivity contribution in [2.24, 2.45) is 0 Å². The molecule has 0 fully saturated rings. The number of rotatable bonds is 8. The lowest BCUT2D eigenvalue weighted by Gasteiger charge is -2.23. The average molecular weight is 332 g/mol. The van der Waals surface area contributed by atoms with Gasteiger partial charge in [-0.15, -0.1) is 0 Å². The summed E-state index contributed by atoms with van der Waals surface area (Å²) in [5.74, 6) is -4.07. The zero-order valence-electron chi connectivity index (χ0n) is 12.3. The lowest BCUT2D eigenvalue weighted by Crippen LogP contribution is -2.41. The summed E-state index contributed by atoms with van der Waals surface area (Å²) in [6.07, 6.45) is 0. The lowest BCUT2D eigenvalue weighted by atomic mass is 10.3. The summed E-state index contributed by atoms with van der Waals surface area (Å²) in [4.78, 5) is 24.5. The van der Waals surface area contributed by atoms with E-state index in [2.05, 4.69) is 5.32 Å². The van der Waals surface area contributed by atoms with Gasteiger partial charge in [0.15, 0.2) is 0 Å². The molecule has 0 spiro atoms. The molecule has 5 nitrogen and oxygen atoms in total. The fraction of sp³-hybridized carbons (Fsp3) is 0.429. The number of carbonyl (C=O) groups is 2. The van der Waals surface area contributed by atoms with Crippen LogP contribution in [0.1, 0.15) is 13.8 Å². The Labute approximate surface area is 131 Å². The van der Waals surface area contributed by atoms with Crippen molar-refractivity contribution in [1.82, 2.24) is 4.90 Å². The summed E-state index contributed by atoms with van der Waals surface area (Å²) >= 11 is 0.347. The predicted octanol–water partition coefficient (Wildman–Crippen LogP) is 2.73. The van der Waals surface area contributed by atoms with E-state index in [1.807, 2.05) is 0 Å². The third kappa shape index (κ3) is 6.40. The molecule has 8 heteroatoms. The molecule has 1 aromatic carbocycles. The minimum atomic E-state index is -2.59. The van der Waals surface area contributed by atoms with Gasteiger partial charge in [-0.05, 0) is 26.0 Å². The Hall–Kier alpha value is -1.67. The van der Waals surface area contributed by atoms with E-state index in [4.69, 9.17) is 5.11 Å². The van der Waals surface area contributed by atoms with Gasteiger partial charge in [0.25, 0.3) is 5.76 Å². The third-order valence-corrected chi connectivity index (χ3v) is 3.58. The van der Waals surface area contributed by atoms with E-state index in [9.17, 15) is 18.4 Å². The third-order valence-electron chi connectivity index (χ3n) is 2.79. The number of carboxylic acids is 1. The lowest BCUT2D eigenvalue weighted by molar-refractivity contribution is -0.139. The van der Waals surface area contributed by atoms with Gasteiger partial charge in [0, 0.05) is 10.9 Å². The average Bonchev–Trinajstić information content (AvgIpc) is 2.39. The molecule has 0 heterocycles. The molecule has 22 heavy (non-hydrogen) atoms. The van der Waals surface area contributed by atoms with Gasteiger partial charge in [-0.2, -0.15) is 8.78 Å². The SMILES string of the molecule is CC(C)N(CC(=O)O)CC(=O)Nc1ccccc1SC(F)F. The second kappa shape index (κ2) is 8.70. The fourth-order valence-corrected chi connectivity index (χ4v) is 2.33. The normalized spacial score (nSPS) is 11.2.